The number of aromatic nitrogens is 2. The molecule has 0 N–H and O–H groups in total. The lowest BCUT2D eigenvalue weighted by molar-refractivity contribution is 0.581. The van der Waals surface area contributed by atoms with Gasteiger partial charge in [-0.15, -0.1) is 0 Å². The highest BCUT2D eigenvalue weighted by Crippen LogP contribution is 2.30. The molecule has 0 fully saturated rings. The molecule has 1 aromatic carbocycles. The summed E-state index contributed by atoms with van der Waals surface area (Å²) in [7, 11) is -1.95. The van der Waals surface area contributed by atoms with Crippen molar-refractivity contribution >= 4 is 27.4 Å². The number of hydrogen-bond acceptors (Lipinski definition) is 3. The smallest absolute Gasteiger partial charge is 0.240 e. The Labute approximate surface area is 133 Å². The second-order valence-corrected chi connectivity index (χ2v) is 7.59. The van der Waals surface area contributed by atoms with Crippen molar-refractivity contribution in [2.45, 2.75) is 18.6 Å². The first-order valence-electron chi connectivity index (χ1n) is 6.84. The average molecular weight is 344 g/mol. The zero-order valence-electron chi connectivity index (χ0n) is 12.0. The zero-order valence-corrected chi connectivity index (χ0v) is 13.5. The van der Waals surface area contributed by atoms with Gasteiger partial charge in [0.25, 0.3) is 0 Å². The molecule has 0 radical (unpaired) electrons. The van der Waals surface area contributed by atoms with Gasteiger partial charge in [-0.2, -0.15) is 5.10 Å². The Balaban J connectivity index is 1.98. The van der Waals surface area contributed by atoms with Crippen molar-refractivity contribution in [2.75, 3.05) is 10.8 Å². The SMILES string of the molecule is Cn1ncc2c1N(S(=O)(=O)Cc1cc(F)ccc1Cl)CCC2. The number of anilines is 1. The number of nitrogens with zero attached hydrogens (tertiary/aromatic N) is 3. The second kappa shape index (κ2) is 5.55. The third kappa shape index (κ3) is 2.70. The Morgan fingerprint density at radius 2 is 2.18 bits per heavy atom. The van der Waals surface area contributed by atoms with Crippen LogP contribution >= 0.6 is 11.6 Å². The van der Waals surface area contributed by atoms with Gasteiger partial charge in [0.2, 0.25) is 10.0 Å². The monoisotopic (exact) mass is 343 g/mol. The molecule has 0 unspecified atom stereocenters. The predicted molar refractivity (Wildman–Crippen MR) is 82.9 cm³/mol. The summed E-state index contributed by atoms with van der Waals surface area (Å²) in [5.74, 6) is -0.262. The van der Waals surface area contributed by atoms with Crippen LogP contribution in [0.3, 0.4) is 0 Å². The molecule has 2 heterocycles. The fraction of sp³-hybridized carbons (Fsp3) is 0.357. The van der Waals surface area contributed by atoms with Gasteiger partial charge in [-0.1, -0.05) is 11.6 Å². The number of hydrogen-bond donors (Lipinski definition) is 0. The highest BCUT2D eigenvalue weighted by molar-refractivity contribution is 7.92. The van der Waals surface area contributed by atoms with Gasteiger partial charge in [-0.05, 0) is 36.6 Å². The van der Waals surface area contributed by atoms with E-state index in [1.807, 2.05) is 0 Å². The topological polar surface area (TPSA) is 55.2 Å². The van der Waals surface area contributed by atoms with Crippen LogP contribution in [0, 0.1) is 5.82 Å². The molecule has 8 heteroatoms. The summed E-state index contributed by atoms with van der Waals surface area (Å²) in [5, 5.41) is 4.37. The van der Waals surface area contributed by atoms with Crippen LogP contribution in [0.2, 0.25) is 5.02 Å². The van der Waals surface area contributed by atoms with Crippen LogP contribution in [-0.2, 0) is 29.2 Å². The van der Waals surface area contributed by atoms with Crippen LogP contribution in [0.1, 0.15) is 17.5 Å². The minimum atomic E-state index is -3.66. The Morgan fingerprint density at radius 3 is 2.95 bits per heavy atom. The molecule has 3 rings (SSSR count). The summed E-state index contributed by atoms with van der Waals surface area (Å²) in [6, 6.07) is 3.74. The van der Waals surface area contributed by atoms with Crippen molar-refractivity contribution in [3.05, 3.63) is 46.4 Å². The van der Waals surface area contributed by atoms with Crippen LogP contribution in [0.25, 0.3) is 0 Å². The third-order valence-electron chi connectivity index (χ3n) is 3.71. The minimum Gasteiger partial charge on any atom is -0.253 e. The van der Waals surface area contributed by atoms with Gasteiger partial charge in [0.15, 0.2) is 0 Å². The van der Waals surface area contributed by atoms with Gasteiger partial charge in [0.05, 0.1) is 11.9 Å². The number of halogens is 2. The number of aryl methyl sites for hydroxylation is 2. The van der Waals surface area contributed by atoms with E-state index in [9.17, 15) is 12.8 Å². The van der Waals surface area contributed by atoms with Gasteiger partial charge >= 0.3 is 0 Å². The van der Waals surface area contributed by atoms with Crippen LogP contribution in [0.5, 0.6) is 0 Å². The Hall–Kier alpha value is -1.60. The Morgan fingerprint density at radius 1 is 1.41 bits per heavy atom. The number of sulfonamides is 1. The molecule has 2 aromatic rings. The van der Waals surface area contributed by atoms with E-state index < -0.39 is 15.8 Å². The van der Waals surface area contributed by atoms with E-state index in [4.69, 9.17) is 11.6 Å². The summed E-state index contributed by atoms with van der Waals surface area (Å²) in [6.45, 7) is 0.391. The normalized spacial score (nSPS) is 15.0. The highest BCUT2D eigenvalue weighted by Gasteiger charge is 2.31. The van der Waals surface area contributed by atoms with Crippen molar-refractivity contribution in [3.63, 3.8) is 0 Å². The van der Waals surface area contributed by atoms with E-state index in [2.05, 4.69) is 5.10 Å². The fourth-order valence-corrected chi connectivity index (χ4v) is 4.65. The van der Waals surface area contributed by atoms with Crippen molar-refractivity contribution in [2.24, 2.45) is 7.05 Å². The molecule has 0 amide bonds. The van der Waals surface area contributed by atoms with E-state index in [1.54, 1.807) is 17.9 Å². The van der Waals surface area contributed by atoms with E-state index in [-0.39, 0.29) is 16.3 Å². The maximum Gasteiger partial charge on any atom is 0.240 e. The van der Waals surface area contributed by atoms with Crippen molar-refractivity contribution in [1.82, 2.24) is 9.78 Å². The lowest BCUT2D eigenvalue weighted by Crippen LogP contribution is -2.37. The second-order valence-electron chi connectivity index (χ2n) is 5.28. The summed E-state index contributed by atoms with van der Waals surface area (Å²) < 4.78 is 41.7. The van der Waals surface area contributed by atoms with Crippen molar-refractivity contribution in [1.29, 1.82) is 0 Å². The number of rotatable bonds is 3. The van der Waals surface area contributed by atoms with E-state index in [0.717, 1.165) is 24.5 Å². The van der Waals surface area contributed by atoms with Gasteiger partial charge in [-0.25, -0.2) is 12.8 Å². The molecule has 1 aliphatic rings. The van der Waals surface area contributed by atoms with Crippen LogP contribution < -0.4 is 4.31 Å². The van der Waals surface area contributed by atoms with E-state index in [1.165, 1.54) is 16.4 Å². The van der Waals surface area contributed by atoms with Gasteiger partial charge < -0.3 is 0 Å². The van der Waals surface area contributed by atoms with E-state index >= 15 is 0 Å². The maximum atomic E-state index is 13.3. The molecule has 118 valence electrons. The summed E-state index contributed by atoms with van der Waals surface area (Å²) >= 11 is 5.98. The summed E-state index contributed by atoms with van der Waals surface area (Å²) in [5.41, 5.74) is 1.17. The lowest BCUT2D eigenvalue weighted by Gasteiger charge is -2.28. The number of benzene rings is 1. The largest absolute Gasteiger partial charge is 0.253 e. The molecule has 0 saturated carbocycles. The van der Waals surface area contributed by atoms with Crippen LogP contribution in [-0.4, -0.2) is 24.7 Å². The first-order chi connectivity index (χ1) is 10.4. The molecule has 0 atom stereocenters. The van der Waals surface area contributed by atoms with Crippen LogP contribution in [0.15, 0.2) is 24.4 Å². The zero-order chi connectivity index (χ0) is 15.9. The third-order valence-corrected chi connectivity index (χ3v) is 5.78. The standard InChI is InChI=1S/C14H15ClFN3O2S/c1-18-14-10(8-17-18)3-2-6-19(14)22(20,21)9-11-7-12(16)4-5-13(11)15/h4-5,7-8H,2-3,6,9H2,1H3. The summed E-state index contributed by atoms with van der Waals surface area (Å²) in [6.07, 6.45) is 3.22. The number of fused-ring (bicyclic) bond motifs is 1. The highest BCUT2D eigenvalue weighted by atomic mass is 35.5. The molecule has 0 bridgehead atoms. The van der Waals surface area contributed by atoms with E-state index in [0.29, 0.717) is 12.4 Å². The van der Waals surface area contributed by atoms with Gasteiger partial charge in [0, 0.05) is 24.2 Å². The average Bonchev–Trinajstić information content (AvgIpc) is 2.84. The quantitative estimate of drug-likeness (QED) is 0.860. The first-order valence-corrected chi connectivity index (χ1v) is 8.82. The van der Waals surface area contributed by atoms with Gasteiger partial charge in [0.1, 0.15) is 11.6 Å². The van der Waals surface area contributed by atoms with Gasteiger partial charge in [-0.3, -0.25) is 8.99 Å². The lowest BCUT2D eigenvalue weighted by atomic mass is 10.1. The maximum absolute atomic E-state index is 13.3. The molecule has 5 nitrogen and oxygen atoms in total. The predicted octanol–water partition coefficient (Wildman–Crippen LogP) is 2.50. The molecular formula is C14H15ClFN3O2S. The Bertz CT molecular complexity index is 819. The van der Waals surface area contributed by atoms with Crippen LogP contribution in [0.4, 0.5) is 10.2 Å². The minimum absolute atomic E-state index is 0.243. The van der Waals surface area contributed by atoms with Crippen molar-refractivity contribution in [3.8, 4) is 0 Å². The molecule has 0 aliphatic carbocycles. The van der Waals surface area contributed by atoms with Crippen molar-refractivity contribution < 1.29 is 12.8 Å². The Kier molecular flexibility index (Phi) is 3.86. The molecule has 0 saturated heterocycles. The summed E-state index contributed by atoms with van der Waals surface area (Å²) in [4.78, 5) is 0. The molecule has 22 heavy (non-hydrogen) atoms. The molecular weight excluding hydrogens is 329 g/mol. The first kappa shape index (κ1) is 15.3. The fourth-order valence-electron chi connectivity index (χ4n) is 2.69. The molecule has 1 aromatic heterocycles. The molecule has 1 aliphatic heterocycles. The molecule has 0 spiro atoms.